The molecule has 8 heteroatoms. The van der Waals surface area contributed by atoms with Gasteiger partial charge in [0.15, 0.2) is 11.6 Å². The van der Waals surface area contributed by atoms with E-state index in [9.17, 15) is 22.8 Å². The summed E-state index contributed by atoms with van der Waals surface area (Å²) in [5, 5.41) is 12.7. The molecule has 1 unspecified atom stereocenters. The number of hydrogen-bond acceptors (Lipinski definition) is 3. The van der Waals surface area contributed by atoms with Crippen molar-refractivity contribution in [1.82, 2.24) is 5.32 Å². The second-order valence-electron chi connectivity index (χ2n) is 3.76. The monoisotopic (exact) mass is 276 g/mol. The third kappa shape index (κ3) is 4.25. The summed E-state index contributed by atoms with van der Waals surface area (Å²) >= 11 is 0. The molecule has 0 spiro atoms. The van der Waals surface area contributed by atoms with Crippen LogP contribution in [0.4, 0.5) is 18.9 Å². The zero-order chi connectivity index (χ0) is 14.6. The molecule has 104 valence electrons. The van der Waals surface area contributed by atoms with Gasteiger partial charge in [-0.3, -0.25) is 9.59 Å². The van der Waals surface area contributed by atoms with Crippen molar-refractivity contribution in [3.05, 3.63) is 29.6 Å². The summed E-state index contributed by atoms with van der Waals surface area (Å²) in [5.41, 5.74) is -0.656. The number of aliphatic hydroxyl groups is 1. The van der Waals surface area contributed by atoms with E-state index in [0.717, 1.165) is 0 Å². The Morgan fingerprint density at radius 2 is 1.74 bits per heavy atom. The van der Waals surface area contributed by atoms with Crippen LogP contribution in [0.3, 0.4) is 0 Å². The van der Waals surface area contributed by atoms with Crippen LogP contribution in [0, 0.1) is 17.5 Å². The van der Waals surface area contributed by atoms with Crippen molar-refractivity contribution in [2.45, 2.75) is 13.0 Å². The summed E-state index contributed by atoms with van der Waals surface area (Å²) in [6, 6.07) is 0.670. The Morgan fingerprint density at radius 3 is 2.32 bits per heavy atom. The molecule has 0 aliphatic carbocycles. The molecule has 1 atom stereocenters. The van der Waals surface area contributed by atoms with Crippen LogP contribution < -0.4 is 10.6 Å². The normalized spacial score (nSPS) is 11.8. The van der Waals surface area contributed by atoms with Gasteiger partial charge in [0.25, 0.3) is 0 Å². The van der Waals surface area contributed by atoms with E-state index in [4.69, 9.17) is 5.11 Å². The summed E-state index contributed by atoms with van der Waals surface area (Å²) in [6.45, 7) is 1.21. The summed E-state index contributed by atoms with van der Waals surface area (Å²) < 4.78 is 38.6. The Kier molecular flexibility index (Phi) is 4.87. The number of halogens is 3. The molecule has 19 heavy (non-hydrogen) atoms. The standard InChI is InChI=1S/C11H11F3N2O3/c1-5(17)4-15-10(18)11(19)16-9-3-7(13)6(12)2-8(9)14/h2-3,5,17H,4H2,1H3,(H,15,18)(H,16,19). The maximum atomic E-state index is 13.2. The van der Waals surface area contributed by atoms with Crippen LogP contribution in [-0.4, -0.2) is 29.6 Å². The van der Waals surface area contributed by atoms with Gasteiger partial charge in [0.05, 0.1) is 11.8 Å². The molecule has 0 saturated carbocycles. The van der Waals surface area contributed by atoms with Crippen LogP contribution in [0.1, 0.15) is 6.92 Å². The van der Waals surface area contributed by atoms with Crippen molar-refractivity contribution in [2.75, 3.05) is 11.9 Å². The minimum absolute atomic E-state index is 0.174. The van der Waals surface area contributed by atoms with E-state index < -0.39 is 41.1 Å². The average molecular weight is 276 g/mol. The van der Waals surface area contributed by atoms with Crippen LogP contribution in [0.2, 0.25) is 0 Å². The molecule has 1 aromatic carbocycles. The number of hydrogen-bond donors (Lipinski definition) is 3. The Balaban J connectivity index is 2.72. The molecule has 0 radical (unpaired) electrons. The number of benzene rings is 1. The summed E-state index contributed by atoms with van der Waals surface area (Å²) in [7, 11) is 0. The lowest BCUT2D eigenvalue weighted by Gasteiger charge is -2.08. The number of aliphatic hydroxyl groups excluding tert-OH is 1. The highest BCUT2D eigenvalue weighted by atomic mass is 19.2. The van der Waals surface area contributed by atoms with Gasteiger partial charge in [0.1, 0.15) is 5.82 Å². The second-order valence-corrected chi connectivity index (χ2v) is 3.76. The van der Waals surface area contributed by atoms with Crippen molar-refractivity contribution >= 4 is 17.5 Å². The van der Waals surface area contributed by atoms with E-state index in [-0.39, 0.29) is 12.6 Å². The molecular formula is C11H11F3N2O3. The largest absolute Gasteiger partial charge is 0.392 e. The Morgan fingerprint density at radius 1 is 1.16 bits per heavy atom. The van der Waals surface area contributed by atoms with Crippen LogP contribution in [0.25, 0.3) is 0 Å². The van der Waals surface area contributed by atoms with E-state index in [1.807, 2.05) is 0 Å². The van der Waals surface area contributed by atoms with E-state index in [1.54, 1.807) is 5.32 Å². The molecule has 1 rings (SSSR count). The zero-order valence-electron chi connectivity index (χ0n) is 9.84. The zero-order valence-corrected chi connectivity index (χ0v) is 9.84. The molecule has 1 aromatic rings. The van der Waals surface area contributed by atoms with E-state index in [1.165, 1.54) is 6.92 Å². The first-order chi connectivity index (χ1) is 8.81. The fourth-order valence-corrected chi connectivity index (χ4v) is 1.12. The number of carbonyl (C=O) groups excluding carboxylic acids is 2. The number of amides is 2. The summed E-state index contributed by atoms with van der Waals surface area (Å²) in [5.74, 6) is -6.37. The number of carbonyl (C=O) groups is 2. The van der Waals surface area contributed by atoms with Crippen LogP contribution >= 0.6 is 0 Å². The van der Waals surface area contributed by atoms with Crippen molar-refractivity contribution in [2.24, 2.45) is 0 Å². The minimum atomic E-state index is -1.41. The molecule has 0 saturated heterocycles. The third-order valence-corrected chi connectivity index (χ3v) is 2.02. The van der Waals surface area contributed by atoms with E-state index in [0.29, 0.717) is 6.07 Å². The predicted octanol–water partition coefficient (Wildman–Crippen LogP) is 0.539. The highest BCUT2D eigenvalue weighted by Gasteiger charge is 2.17. The van der Waals surface area contributed by atoms with Gasteiger partial charge in [-0.15, -0.1) is 0 Å². The SMILES string of the molecule is CC(O)CNC(=O)C(=O)Nc1cc(F)c(F)cc1F. The fourth-order valence-electron chi connectivity index (χ4n) is 1.12. The fraction of sp³-hybridized carbons (Fsp3) is 0.273. The summed E-state index contributed by atoms with van der Waals surface area (Å²) in [4.78, 5) is 22.5. The first kappa shape index (κ1) is 15.0. The van der Waals surface area contributed by atoms with Gasteiger partial charge in [0.2, 0.25) is 0 Å². The topological polar surface area (TPSA) is 78.4 Å². The first-order valence-electron chi connectivity index (χ1n) is 5.23. The van der Waals surface area contributed by atoms with Crippen LogP contribution in [0.15, 0.2) is 12.1 Å². The van der Waals surface area contributed by atoms with Gasteiger partial charge < -0.3 is 15.7 Å². The van der Waals surface area contributed by atoms with Gasteiger partial charge in [-0.25, -0.2) is 13.2 Å². The first-order valence-corrected chi connectivity index (χ1v) is 5.23. The second kappa shape index (κ2) is 6.19. The molecule has 0 aliphatic rings. The highest BCUT2D eigenvalue weighted by molar-refractivity contribution is 6.39. The van der Waals surface area contributed by atoms with Gasteiger partial charge in [-0.05, 0) is 6.92 Å². The quantitative estimate of drug-likeness (QED) is 0.557. The van der Waals surface area contributed by atoms with Gasteiger partial charge in [-0.1, -0.05) is 0 Å². The molecule has 3 N–H and O–H groups in total. The number of rotatable bonds is 3. The van der Waals surface area contributed by atoms with E-state index >= 15 is 0 Å². The highest BCUT2D eigenvalue weighted by Crippen LogP contribution is 2.18. The van der Waals surface area contributed by atoms with Crippen molar-refractivity contribution in [3.8, 4) is 0 Å². The number of anilines is 1. The molecule has 0 aliphatic heterocycles. The Labute approximate surface area is 106 Å². The maximum absolute atomic E-state index is 13.2. The smallest absolute Gasteiger partial charge is 0.313 e. The van der Waals surface area contributed by atoms with Crippen LogP contribution in [-0.2, 0) is 9.59 Å². The Bertz CT molecular complexity index is 506. The Hall–Kier alpha value is -2.09. The van der Waals surface area contributed by atoms with E-state index in [2.05, 4.69) is 5.32 Å². The number of nitrogens with one attached hydrogen (secondary N) is 2. The average Bonchev–Trinajstić information content (AvgIpc) is 2.32. The van der Waals surface area contributed by atoms with Crippen molar-refractivity contribution in [1.29, 1.82) is 0 Å². The maximum Gasteiger partial charge on any atom is 0.313 e. The summed E-state index contributed by atoms with van der Waals surface area (Å²) in [6.07, 6.45) is -0.864. The molecule has 0 fully saturated rings. The molecule has 2 amide bonds. The lowest BCUT2D eigenvalue weighted by atomic mass is 10.2. The van der Waals surface area contributed by atoms with Crippen molar-refractivity contribution < 1.29 is 27.9 Å². The molecular weight excluding hydrogens is 265 g/mol. The minimum Gasteiger partial charge on any atom is -0.392 e. The lowest BCUT2D eigenvalue weighted by Crippen LogP contribution is -2.39. The van der Waals surface area contributed by atoms with Gasteiger partial charge in [0, 0.05) is 18.7 Å². The third-order valence-electron chi connectivity index (χ3n) is 2.02. The van der Waals surface area contributed by atoms with Crippen molar-refractivity contribution in [3.63, 3.8) is 0 Å². The van der Waals surface area contributed by atoms with Gasteiger partial charge >= 0.3 is 11.8 Å². The molecule has 0 heterocycles. The predicted molar refractivity (Wildman–Crippen MR) is 59.6 cm³/mol. The molecule has 5 nitrogen and oxygen atoms in total. The van der Waals surface area contributed by atoms with Gasteiger partial charge in [-0.2, -0.15) is 0 Å². The van der Waals surface area contributed by atoms with Crippen LogP contribution in [0.5, 0.6) is 0 Å². The molecule has 0 aromatic heterocycles. The lowest BCUT2D eigenvalue weighted by molar-refractivity contribution is -0.136. The molecule has 0 bridgehead atoms.